The lowest BCUT2D eigenvalue weighted by atomic mass is 10.00. The molecule has 5 nitrogen and oxygen atoms in total. The van der Waals surface area contributed by atoms with Crippen molar-refractivity contribution in [3.8, 4) is 16.9 Å². The van der Waals surface area contributed by atoms with Crippen molar-refractivity contribution < 1.29 is 27.8 Å². The highest BCUT2D eigenvalue weighted by atomic mass is 19.4. The van der Waals surface area contributed by atoms with Gasteiger partial charge in [0.25, 0.3) is 0 Å². The van der Waals surface area contributed by atoms with E-state index in [1.165, 1.54) is 31.5 Å². The maximum atomic E-state index is 12.7. The van der Waals surface area contributed by atoms with E-state index in [9.17, 15) is 18.0 Å². The Morgan fingerprint density at radius 2 is 1.88 bits per heavy atom. The van der Waals surface area contributed by atoms with Crippen molar-refractivity contribution in [1.29, 1.82) is 0 Å². The van der Waals surface area contributed by atoms with Crippen molar-refractivity contribution in [2.45, 2.75) is 6.18 Å². The molecule has 0 unspecified atom stereocenters. The maximum Gasteiger partial charge on any atom is 0.416 e. The maximum absolute atomic E-state index is 12.7. The minimum atomic E-state index is -4.42. The van der Waals surface area contributed by atoms with E-state index in [1.807, 2.05) is 0 Å². The van der Waals surface area contributed by atoms with Crippen LogP contribution >= 0.6 is 0 Å². The Balaban J connectivity index is 2.47. The van der Waals surface area contributed by atoms with Crippen LogP contribution in [-0.2, 0) is 11.0 Å². The molecule has 0 bridgehead atoms. The number of carboxylic acid groups (broad SMARTS) is 1. The number of nitrogen functional groups attached to an aromatic ring is 1. The van der Waals surface area contributed by atoms with E-state index in [-0.39, 0.29) is 11.4 Å². The summed E-state index contributed by atoms with van der Waals surface area (Å²) in [5.41, 5.74) is 6.86. The van der Waals surface area contributed by atoms with Crippen molar-refractivity contribution in [1.82, 2.24) is 0 Å². The van der Waals surface area contributed by atoms with Gasteiger partial charge in [-0.2, -0.15) is 13.2 Å². The Bertz CT molecular complexity index is 800. The Morgan fingerprint density at radius 1 is 1.24 bits per heavy atom. The van der Waals surface area contributed by atoms with Crippen LogP contribution in [0.2, 0.25) is 0 Å². The summed E-state index contributed by atoms with van der Waals surface area (Å²) in [6, 6.07) is 7.70. The third-order valence-corrected chi connectivity index (χ3v) is 3.34. The average Bonchev–Trinajstić information content (AvgIpc) is 2.55. The van der Waals surface area contributed by atoms with Crippen LogP contribution in [0.25, 0.3) is 11.1 Å². The number of benzene rings is 2. The number of aliphatic imine (C=N–C) groups is 1. The third-order valence-electron chi connectivity index (χ3n) is 3.34. The van der Waals surface area contributed by atoms with E-state index in [2.05, 4.69) is 4.99 Å². The normalized spacial score (nSPS) is 11.7. The molecule has 0 radical (unpaired) electrons. The summed E-state index contributed by atoms with van der Waals surface area (Å²) >= 11 is 0. The van der Waals surface area contributed by atoms with Gasteiger partial charge in [0.1, 0.15) is 5.75 Å². The molecule has 0 aliphatic rings. The predicted octanol–water partition coefficient (Wildman–Crippen LogP) is 3.47. The number of carbonyl (C=O) groups is 1. The molecule has 0 saturated heterocycles. The number of halogens is 3. The second-order valence-corrected chi connectivity index (χ2v) is 5.12. The number of carboxylic acids is 1. The summed E-state index contributed by atoms with van der Waals surface area (Å²) in [7, 11) is 1.53. The average molecular weight is 352 g/mol. The standard InChI is InChI=1S/C17H15F3N2O3/c1-22-8-12-6-11(7-14(16(12)21)25-9-15(23)24)10-2-4-13(5-3-10)17(18,19)20/h2-8H,9,21H2,1H3,(H,23,24). The Labute approximate surface area is 141 Å². The zero-order chi connectivity index (χ0) is 18.6. The number of alkyl halides is 3. The third kappa shape index (κ3) is 4.50. The fraction of sp³-hybridized carbons (Fsp3) is 0.176. The molecule has 0 saturated carbocycles. The second-order valence-electron chi connectivity index (χ2n) is 5.12. The lowest BCUT2D eigenvalue weighted by Gasteiger charge is -2.13. The highest BCUT2D eigenvalue weighted by molar-refractivity contribution is 5.92. The molecule has 132 valence electrons. The molecule has 0 amide bonds. The van der Waals surface area contributed by atoms with Gasteiger partial charge in [-0.15, -0.1) is 0 Å². The minimum absolute atomic E-state index is 0.120. The number of ether oxygens (including phenoxy) is 1. The van der Waals surface area contributed by atoms with Gasteiger partial charge >= 0.3 is 12.1 Å². The number of rotatable bonds is 5. The number of nitrogens with zero attached hydrogens (tertiary/aromatic N) is 1. The highest BCUT2D eigenvalue weighted by Gasteiger charge is 2.30. The topological polar surface area (TPSA) is 84.9 Å². The number of aliphatic carboxylic acids is 1. The van der Waals surface area contributed by atoms with E-state index in [1.54, 1.807) is 6.07 Å². The molecule has 0 aromatic heterocycles. The van der Waals surface area contributed by atoms with Gasteiger partial charge in [-0.05, 0) is 35.4 Å². The number of anilines is 1. The molecule has 0 atom stereocenters. The molecule has 25 heavy (non-hydrogen) atoms. The fourth-order valence-electron chi connectivity index (χ4n) is 2.17. The van der Waals surface area contributed by atoms with Crippen LogP contribution in [0.3, 0.4) is 0 Å². The molecule has 2 aromatic rings. The summed E-state index contributed by atoms with van der Waals surface area (Å²) in [6.45, 7) is -0.594. The van der Waals surface area contributed by atoms with Crippen molar-refractivity contribution in [3.63, 3.8) is 0 Å². The van der Waals surface area contributed by atoms with E-state index in [4.69, 9.17) is 15.6 Å². The van der Waals surface area contributed by atoms with Gasteiger partial charge in [-0.25, -0.2) is 4.79 Å². The summed E-state index contributed by atoms with van der Waals surface area (Å²) in [5, 5.41) is 8.73. The first kappa shape index (κ1) is 18.3. The first-order valence-corrected chi connectivity index (χ1v) is 7.10. The quantitative estimate of drug-likeness (QED) is 0.637. The Hall–Kier alpha value is -3.03. The molecule has 8 heteroatoms. The van der Waals surface area contributed by atoms with Crippen LogP contribution in [-0.4, -0.2) is 30.9 Å². The van der Waals surface area contributed by atoms with E-state index in [0.717, 1.165) is 12.1 Å². The summed E-state index contributed by atoms with van der Waals surface area (Å²) in [5.74, 6) is -1.06. The molecular weight excluding hydrogens is 337 g/mol. The largest absolute Gasteiger partial charge is 0.480 e. The molecule has 2 rings (SSSR count). The molecule has 0 aliphatic heterocycles. The predicted molar refractivity (Wildman–Crippen MR) is 87.9 cm³/mol. The van der Waals surface area contributed by atoms with Gasteiger partial charge in [-0.3, -0.25) is 4.99 Å². The number of hydrogen-bond donors (Lipinski definition) is 2. The van der Waals surface area contributed by atoms with Crippen LogP contribution in [0.1, 0.15) is 11.1 Å². The van der Waals surface area contributed by atoms with Gasteiger partial charge in [0.05, 0.1) is 11.3 Å². The second kappa shape index (κ2) is 7.25. The molecule has 0 heterocycles. The van der Waals surface area contributed by atoms with Crippen LogP contribution in [0.15, 0.2) is 41.4 Å². The van der Waals surface area contributed by atoms with Crippen LogP contribution in [0.5, 0.6) is 5.75 Å². The van der Waals surface area contributed by atoms with Crippen LogP contribution in [0, 0.1) is 0 Å². The van der Waals surface area contributed by atoms with Gasteiger partial charge in [0, 0.05) is 18.8 Å². The zero-order valence-electron chi connectivity index (χ0n) is 13.2. The first-order chi connectivity index (χ1) is 11.7. The highest BCUT2D eigenvalue weighted by Crippen LogP contribution is 2.34. The van der Waals surface area contributed by atoms with Crippen LogP contribution < -0.4 is 10.5 Å². The summed E-state index contributed by atoms with van der Waals surface area (Å²) < 4.78 is 43.2. The van der Waals surface area contributed by atoms with Gasteiger partial charge < -0.3 is 15.6 Å². The van der Waals surface area contributed by atoms with E-state index in [0.29, 0.717) is 16.7 Å². The van der Waals surface area contributed by atoms with Gasteiger partial charge in [-0.1, -0.05) is 12.1 Å². The van der Waals surface area contributed by atoms with Crippen LogP contribution in [0.4, 0.5) is 18.9 Å². The fourth-order valence-corrected chi connectivity index (χ4v) is 2.17. The molecule has 0 aliphatic carbocycles. The first-order valence-electron chi connectivity index (χ1n) is 7.10. The van der Waals surface area contributed by atoms with E-state index >= 15 is 0 Å². The monoisotopic (exact) mass is 352 g/mol. The van der Waals surface area contributed by atoms with Gasteiger partial charge in [0.15, 0.2) is 6.61 Å². The minimum Gasteiger partial charge on any atom is -0.480 e. The molecule has 0 fully saturated rings. The van der Waals surface area contributed by atoms with Crippen molar-refractivity contribution >= 4 is 17.9 Å². The molecular formula is C17H15F3N2O3. The van der Waals surface area contributed by atoms with Crippen molar-refractivity contribution in [2.75, 3.05) is 19.4 Å². The Morgan fingerprint density at radius 3 is 2.40 bits per heavy atom. The Kier molecular flexibility index (Phi) is 5.31. The van der Waals surface area contributed by atoms with Crippen molar-refractivity contribution in [2.24, 2.45) is 4.99 Å². The molecule has 2 aromatic carbocycles. The lowest BCUT2D eigenvalue weighted by molar-refractivity contribution is -0.139. The summed E-state index contributed by atoms with van der Waals surface area (Å²) in [4.78, 5) is 14.5. The zero-order valence-corrected chi connectivity index (χ0v) is 13.2. The molecule has 0 spiro atoms. The smallest absolute Gasteiger partial charge is 0.416 e. The van der Waals surface area contributed by atoms with Crippen molar-refractivity contribution in [3.05, 3.63) is 47.5 Å². The summed E-state index contributed by atoms with van der Waals surface area (Å²) in [6.07, 6.45) is -2.97. The van der Waals surface area contributed by atoms with Gasteiger partial charge in [0.2, 0.25) is 0 Å². The number of nitrogens with two attached hydrogens (primary N) is 1. The lowest BCUT2D eigenvalue weighted by Crippen LogP contribution is -2.11. The number of hydrogen-bond acceptors (Lipinski definition) is 4. The molecule has 3 N–H and O–H groups in total. The SMILES string of the molecule is CN=Cc1cc(-c2ccc(C(F)(F)F)cc2)cc(OCC(=O)O)c1N. The van der Waals surface area contributed by atoms with E-state index < -0.39 is 24.3 Å².